The first-order valence-electron chi connectivity index (χ1n) is 5.41. The zero-order valence-electron chi connectivity index (χ0n) is 9.66. The molecule has 0 aromatic rings. The Hall–Kier alpha value is -0.700. The Morgan fingerprint density at radius 3 is 2.36 bits per heavy atom. The predicted molar refractivity (Wildman–Crippen MR) is 60.8 cm³/mol. The summed E-state index contributed by atoms with van der Waals surface area (Å²) in [4.78, 5) is 4.66. The maximum atomic E-state index is 2.41. The van der Waals surface area contributed by atoms with Crippen LogP contribution in [-0.4, -0.2) is 35.0 Å². The minimum atomic E-state index is 0. The largest absolute Gasteiger partial charge is 0.412 e. The molecule has 3 nitrogen and oxygen atoms in total. The highest BCUT2D eigenvalue weighted by molar-refractivity contribution is 4.93. The van der Waals surface area contributed by atoms with E-state index in [4.69, 9.17) is 0 Å². The molecule has 0 aliphatic carbocycles. The quantitative estimate of drug-likeness (QED) is 0.635. The molecule has 84 valence electrons. The molecule has 1 atom stereocenters. The van der Waals surface area contributed by atoms with E-state index >= 15 is 0 Å². The Bertz CT molecular complexity index is 171. The number of nitrogens with zero attached hydrogens (tertiary/aromatic N) is 2. The summed E-state index contributed by atoms with van der Waals surface area (Å²) in [7, 11) is 2.13. The van der Waals surface area contributed by atoms with Crippen molar-refractivity contribution in [2.75, 3.05) is 13.6 Å². The van der Waals surface area contributed by atoms with Crippen molar-refractivity contribution in [3.8, 4) is 0 Å². The molecule has 1 heterocycles. The van der Waals surface area contributed by atoms with Crippen molar-refractivity contribution in [2.45, 2.75) is 45.7 Å². The van der Waals surface area contributed by atoms with Gasteiger partial charge in [0.15, 0.2) is 0 Å². The molecule has 0 amide bonds. The summed E-state index contributed by atoms with van der Waals surface area (Å²) in [5, 5.41) is 0. The van der Waals surface area contributed by atoms with E-state index in [0.29, 0.717) is 6.17 Å². The summed E-state index contributed by atoms with van der Waals surface area (Å²) in [5.41, 5.74) is 0. The standard InChI is InChI=1S/C11H22N2.H2O/c1-4-5-6-7-8-13-10-9-12(3)11(13)2;/h9-11H,4-8H2,1-3H3;1H2. The first-order chi connectivity index (χ1) is 6.25. The summed E-state index contributed by atoms with van der Waals surface area (Å²) in [6.07, 6.45) is 10.3. The van der Waals surface area contributed by atoms with E-state index in [2.05, 4.69) is 43.1 Å². The molecule has 0 saturated heterocycles. The Morgan fingerprint density at radius 2 is 1.86 bits per heavy atom. The average Bonchev–Trinajstić information content (AvgIpc) is 2.43. The second-order valence-electron chi connectivity index (χ2n) is 3.89. The van der Waals surface area contributed by atoms with Gasteiger partial charge in [0.25, 0.3) is 0 Å². The van der Waals surface area contributed by atoms with Gasteiger partial charge in [0, 0.05) is 26.0 Å². The number of rotatable bonds is 5. The molecule has 1 rings (SSSR count). The normalized spacial score (nSPS) is 20.1. The Balaban J connectivity index is 0.00000169. The van der Waals surface area contributed by atoms with Crippen LogP contribution in [0.4, 0.5) is 0 Å². The van der Waals surface area contributed by atoms with Crippen LogP contribution >= 0.6 is 0 Å². The van der Waals surface area contributed by atoms with Gasteiger partial charge in [-0.05, 0) is 13.3 Å². The summed E-state index contributed by atoms with van der Waals surface area (Å²) in [6, 6.07) is 0. The van der Waals surface area contributed by atoms with Crippen LogP contribution in [0.25, 0.3) is 0 Å². The second-order valence-corrected chi connectivity index (χ2v) is 3.89. The Labute approximate surface area is 87.7 Å². The third-order valence-corrected chi connectivity index (χ3v) is 2.83. The fourth-order valence-electron chi connectivity index (χ4n) is 1.66. The van der Waals surface area contributed by atoms with E-state index in [0.717, 1.165) is 0 Å². The third-order valence-electron chi connectivity index (χ3n) is 2.83. The van der Waals surface area contributed by atoms with E-state index in [1.54, 1.807) is 0 Å². The van der Waals surface area contributed by atoms with Gasteiger partial charge in [0.1, 0.15) is 0 Å². The molecule has 1 unspecified atom stereocenters. The minimum Gasteiger partial charge on any atom is -0.412 e. The van der Waals surface area contributed by atoms with Crippen molar-refractivity contribution >= 4 is 0 Å². The molecular formula is C11H24N2O. The lowest BCUT2D eigenvalue weighted by molar-refractivity contribution is 0.192. The summed E-state index contributed by atoms with van der Waals surface area (Å²) < 4.78 is 0. The van der Waals surface area contributed by atoms with E-state index in [-0.39, 0.29) is 5.48 Å². The van der Waals surface area contributed by atoms with Gasteiger partial charge in [-0.3, -0.25) is 0 Å². The smallest absolute Gasteiger partial charge is 0.0974 e. The van der Waals surface area contributed by atoms with E-state index in [1.165, 1.54) is 32.2 Å². The van der Waals surface area contributed by atoms with Gasteiger partial charge >= 0.3 is 0 Å². The molecule has 2 N–H and O–H groups in total. The van der Waals surface area contributed by atoms with E-state index in [1.807, 2.05) is 0 Å². The predicted octanol–water partition coefficient (Wildman–Crippen LogP) is 1.81. The van der Waals surface area contributed by atoms with Gasteiger partial charge in [-0.2, -0.15) is 0 Å². The number of hydrogen-bond acceptors (Lipinski definition) is 2. The lowest BCUT2D eigenvalue weighted by atomic mass is 10.2. The van der Waals surface area contributed by atoms with Crippen molar-refractivity contribution in [1.29, 1.82) is 0 Å². The fourth-order valence-corrected chi connectivity index (χ4v) is 1.66. The molecule has 0 saturated carbocycles. The first-order valence-corrected chi connectivity index (χ1v) is 5.41. The highest BCUT2D eigenvalue weighted by Gasteiger charge is 2.16. The molecule has 0 radical (unpaired) electrons. The maximum absolute atomic E-state index is 2.41. The van der Waals surface area contributed by atoms with E-state index < -0.39 is 0 Å². The molecule has 1 aliphatic heterocycles. The van der Waals surface area contributed by atoms with Crippen LogP contribution < -0.4 is 0 Å². The van der Waals surface area contributed by atoms with Gasteiger partial charge in [-0.1, -0.05) is 26.2 Å². The fraction of sp³-hybridized carbons (Fsp3) is 0.818. The highest BCUT2D eigenvalue weighted by Crippen LogP contribution is 2.14. The zero-order chi connectivity index (χ0) is 9.68. The van der Waals surface area contributed by atoms with Crippen molar-refractivity contribution in [2.24, 2.45) is 0 Å². The van der Waals surface area contributed by atoms with Crippen LogP contribution in [0.5, 0.6) is 0 Å². The van der Waals surface area contributed by atoms with Crippen molar-refractivity contribution < 1.29 is 5.48 Å². The third kappa shape index (κ3) is 3.58. The summed E-state index contributed by atoms with van der Waals surface area (Å²) >= 11 is 0. The van der Waals surface area contributed by atoms with Gasteiger partial charge in [-0.25, -0.2) is 0 Å². The van der Waals surface area contributed by atoms with Gasteiger partial charge in [0.05, 0.1) is 6.17 Å². The maximum Gasteiger partial charge on any atom is 0.0974 e. The van der Waals surface area contributed by atoms with Gasteiger partial charge < -0.3 is 15.3 Å². The number of unbranched alkanes of at least 4 members (excludes halogenated alkanes) is 3. The highest BCUT2D eigenvalue weighted by atomic mass is 16.0. The SMILES string of the molecule is CCCCCCN1C=CN(C)C1C.O. The molecule has 0 bridgehead atoms. The summed E-state index contributed by atoms with van der Waals surface area (Å²) in [5.74, 6) is 0. The average molecular weight is 200 g/mol. The molecule has 1 aliphatic rings. The Morgan fingerprint density at radius 1 is 1.14 bits per heavy atom. The second kappa shape index (κ2) is 6.71. The lowest BCUT2D eigenvalue weighted by Gasteiger charge is -2.26. The molecule has 3 heteroatoms. The van der Waals surface area contributed by atoms with Crippen LogP contribution in [0.1, 0.15) is 39.5 Å². The molecule has 0 fully saturated rings. The summed E-state index contributed by atoms with van der Waals surface area (Å²) in [6.45, 7) is 5.72. The van der Waals surface area contributed by atoms with Crippen molar-refractivity contribution in [3.05, 3.63) is 12.4 Å². The minimum absolute atomic E-state index is 0. The molecule has 14 heavy (non-hydrogen) atoms. The van der Waals surface area contributed by atoms with Crippen LogP contribution in [0.15, 0.2) is 12.4 Å². The lowest BCUT2D eigenvalue weighted by Crippen LogP contribution is -2.34. The van der Waals surface area contributed by atoms with Crippen LogP contribution in [0.3, 0.4) is 0 Å². The van der Waals surface area contributed by atoms with Crippen molar-refractivity contribution in [1.82, 2.24) is 9.80 Å². The van der Waals surface area contributed by atoms with Crippen LogP contribution in [0, 0.1) is 0 Å². The molecule has 0 spiro atoms. The molecule has 0 aromatic heterocycles. The molecule has 0 aromatic carbocycles. The van der Waals surface area contributed by atoms with Gasteiger partial charge in [-0.15, -0.1) is 0 Å². The monoisotopic (exact) mass is 200 g/mol. The Kier molecular flexibility index (Phi) is 6.37. The van der Waals surface area contributed by atoms with Crippen LogP contribution in [-0.2, 0) is 0 Å². The van der Waals surface area contributed by atoms with Crippen LogP contribution in [0.2, 0.25) is 0 Å². The van der Waals surface area contributed by atoms with E-state index in [9.17, 15) is 0 Å². The number of hydrogen-bond donors (Lipinski definition) is 0. The molecular weight excluding hydrogens is 176 g/mol. The van der Waals surface area contributed by atoms with Gasteiger partial charge in [0.2, 0.25) is 0 Å². The van der Waals surface area contributed by atoms with Crippen molar-refractivity contribution in [3.63, 3.8) is 0 Å². The first kappa shape index (κ1) is 13.3. The topological polar surface area (TPSA) is 38.0 Å². The zero-order valence-corrected chi connectivity index (χ0v) is 9.66.